The first-order chi connectivity index (χ1) is 15.8. The van der Waals surface area contributed by atoms with Gasteiger partial charge in [0.1, 0.15) is 0 Å². The molecule has 1 heterocycles. The summed E-state index contributed by atoms with van der Waals surface area (Å²) in [7, 11) is -3.54. The van der Waals surface area contributed by atoms with Gasteiger partial charge in [0.05, 0.1) is 17.5 Å². The lowest BCUT2D eigenvalue weighted by atomic mass is 10.0. The Morgan fingerprint density at radius 1 is 0.970 bits per heavy atom. The van der Waals surface area contributed by atoms with Gasteiger partial charge in [-0.15, -0.1) is 0 Å². The van der Waals surface area contributed by atoms with Crippen LogP contribution in [0.25, 0.3) is 0 Å². The fourth-order valence-electron chi connectivity index (χ4n) is 4.57. The fourth-order valence-corrected chi connectivity index (χ4v) is 6.05. The van der Waals surface area contributed by atoms with Gasteiger partial charge in [-0.1, -0.05) is 36.4 Å². The van der Waals surface area contributed by atoms with Crippen molar-refractivity contribution in [2.75, 3.05) is 32.7 Å². The number of piperazine rings is 1. The Morgan fingerprint density at radius 3 is 2.36 bits per heavy atom. The lowest BCUT2D eigenvalue weighted by Crippen LogP contribution is -2.52. The summed E-state index contributed by atoms with van der Waals surface area (Å²) in [6.45, 7) is 3.25. The molecule has 0 saturated carbocycles. The first-order valence-electron chi connectivity index (χ1n) is 11.5. The largest absolute Gasteiger partial charge is 0.345 e. The molecule has 0 aromatic heterocycles. The highest BCUT2D eigenvalue weighted by molar-refractivity contribution is 7.89. The van der Waals surface area contributed by atoms with E-state index in [2.05, 4.69) is 5.32 Å². The molecular weight excluding hydrogens is 438 g/mol. The van der Waals surface area contributed by atoms with E-state index in [9.17, 15) is 18.0 Å². The number of carbonyl (C=O) groups is 2. The Labute approximate surface area is 195 Å². The highest BCUT2D eigenvalue weighted by Crippen LogP contribution is 2.26. The van der Waals surface area contributed by atoms with Gasteiger partial charge < -0.3 is 5.32 Å². The van der Waals surface area contributed by atoms with E-state index in [-0.39, 0.29) is 18.2 Å². The first kappa shape index (κ1) is 23.6. The highest BCUT2D eigenvalue weighted by atomic mass is 32.2. The molecule has 33 heavy (non-hydrogen) atoms. The van der Waals surface area contributed by atoms with Crippen LogP contribution in [-0.2, 0) is 38.9 Å². The minimum absolute atomic E-state index is 0.0857. The lowest BCUT2D eigenvalue weighted by Gasteiger charge is -2.33. The van der Waals surface area contributed by atoms with Gasteiger partial charge in [0.15, 0.2) is 5.78 Å². The lowest BCUT2D eigenvalue weighted by molar-refractivity contribution is -0.127. The maximum atomic E-state index is 13.1. The number of fused-ring (bicyclic) bond motifs is 1. The second-order valence-electron chi connectivity index (χ2n) is 8.88. The van der Waals surface area contributed by atoms with Crippen molar-refractivity contribution in [3.05, 3.63) is 65.2 Å². The third-order valence-electron chi connectivity index (χ3n) is 6.51. The summed E-state index contributed by atoms with van der Waals surface area (Å²) in [4.78, 5) is 26.9. The monoisotopic (exact) mass is 469 g/mol. The summed E-state index contributed by atoms with van der Waals surface area (Å²) in [6, 6.07) is 14.5. The molecule has 2 aromatic rings. The van der Waals surface area contributed by atoms with Crippen molar-refractivity contribution in [2.24, 2.45) is 0 Å². The van der Waals surface area contributed by atoms with Crippen molar-refractivity contribution in [1.82, 2.24) is 14.5 Å². The van der Waals surface area contributed by atoms with Crippen molar-refractivity contribution < 1.29 is 18.0 Å². The summed E-state index contributed by atoms with van der Waals surface area (Å²) in [5.74, 6) is -0.307. The standard InChI is InChI=1S/C25H31N3O4S/c1-19(29)24(16-20-6-3-2-4-7-20)26-25(30)18-27-12-14-28(15-13-27)33(31,32)23-11-10-21-8-5-9-22(21)17-23/h2-4,6-7,10-11,17,24H,5,8-9,12-16,18H2,1H3,(H,26,30). The van der Waals surface area contributed by atoms with E-state index in [1.165, 1.54) is 16.8 Å². The highest BCUT2D eigenvalue weighted by Gasteiger charge is 2.30. The number of ketones is 1. The van der Waals surface area contributed by atoms with Crippen LogP contribution in [0.2, 0.25) is 0 Å². The molecule has 1 saturated heterocycles. The van der Waals surface area contributed by atoms with Crippen LogP contribution in [0.15, 0.2) is 53.4 Å². The fraction of sp³-hybridized carbons (Fsp3) is 0.440. The Hall–Kier alpha value is -2.55. The summed E-state index contributed by atoms with van der Waals surface area (Å²) >= 11 is 0. The second kappa shape index (κ2) is 10.2. The number of aryl methyl sites for hydroxylation is 2. The smallest absolute Gasteiger partial charge is 0.243 e. The van der Waals surface area contributed by atoms with Gasteiger partial charge >= 0.3 is 0 Å². The van der Waals surface area contributed by atoms with E-state index in [1.54, 1.807) is 6.07 Å². The zero-order valence-corrected chi connectivity index (χ0v) is 19.8. The molecular formula is C25H31N3O4S. The molecule has 1 amide bonds. The van der Waals surface area contributed by atoms with Gasteiger partial charge in [0.2, 0.25) is 15.9 Å². The summed E-state index contributed by atoms with van der Waals surface area (Å²) in [5, 5.41) is 2.84. The van der Waals surface area contributed by atoms with Crippen LogP contribution in [-0.4, -0.2) is 68.1 Å². The van der Waals surface area contributed by atoms with Crippen LogP contribution in [0, 0.1) is 0 Å². The topological polar surface area (TPSA) is 86.8 Å². The third-order valence-corrected chi connectivity index (χ3v) is 8.41. The Morgan fingerprint density at radius 2 is 1.67 bits per heavy atom. The molecule has 7 nitrogen and oxygen atoms in total. The first-order valence-corrected chi connectivity index (χ1v) is 12.9. The van der Waals surface area contributed by atoms with E-state index in [4.69, 9.17) is 0 Å². The average Bonchev–Trinajstić information content (AvgIpc) is 3.27. The predicted molar refractivity (Wildman–Crippen MR) is 126 cm³/mol. The molecule has 1 unspecified atom stereocenters. The Bertz CT molecular complexity index is 1110. The molecule has 2 aromatic carbocycles. The molecule has 0 radical (unpaired) electrons. The van der Waals surface area contributed by atoms with Gasteiger partial charge in [-0.25, -0.2) is 8.42 Å². The van der Waals surface area contributed by atoms with E-state index in [0.29, 0.717) is 37.5 Å². The normalized spacial score (nSPS) is 18.0. The van der Waals surface area contributed by atoms with Crippen LogP contribution in [0.1, 0.15) is 30.0 Å². The zero-order chi connectivity index (χ0) is 23.4. The number of amides is 1. The Kier molecular flexibility index (Phi) is 7.26. The van der Waals surface area contributed by atoms with Gasteiger partial charge in [0.25, 0.3) is 0 Å². The van der Waals surface area contributed by atoms with E-state index in [0.717, 1.165) is 30.4 Å². The number of carbonyl (C=O) groups excluding carboxylic acids is 2. The van der Waals surface area contributed by atoms with Gasteiger partial charge in [0, 0.05) is 26.2 Å². The van der Waals surface area contributed by atoms with Crippen LogP contribution < -0.4 is 5.32 Å². The van der Waals surface area contributed by atoms with E-state index in [1.807, 2.05) is 47.4 Å². The number of rotatable bonds is 8. The third kappa shape index (κ3) is 5.69. The molecule has 176 valence electrons. The molecule has 1 N–H and O–H groups in total. The molecule has 2 aliphatic rings. The number of nitrogens with zero attached hydrogens (tertiary/aromatic N) is 2. The molecule has 0 spiro atoms. The van der Waals surface area contributed by atoms with E-state index >= 15 is 0 Å². The van der Waals surface area contributed by atoms with Crippen LogP contribution in [0.3, 0.4) is 0 Å². The number of Topliss-reactive ketones (excluding diaryl/α,β-unsaturated/α-hetero) is 1. The Balaban J connectivity index is 1.30. The van der Waals surface area contributed by atoms with Crippen LogP contribution in [0.5, 0.6) is 0 Å². The maximum Gasteiger partial charge on any atom is 0.243 e. The van der Waals surface area contributed by atoms with Gasteiger partial charge in [-0.3, -0.25) is 14.5 Å². The van der Waals surface area contributed by atoms with Crippen LogP contribution >= 0.6 is 0 Å². The predicted octanol–water partition coefficient (Wildman–Crippen LogP) is 1.80. The van der Waals surface area contributed by atoms with Crippen LogP contribution in [0.4, 0.5) is 0 Å². The zero-order valence-electron chi connectivity index (χ0n) is 19.0. The molecule has 1 atom stereocenters. The summed E-state index contributed by atoms with van der Waals surface area (Å²) < 4.78 is 27.7. The van der Waals surface area contributed by atoms with Crippen molar-refractivity contribution in [3.8, 4) is 0 Å². The quantitative estimate of drug-likeness (QED) is 0.637. The van der Waals surface area contributed by atoms with Crippen molar-refractivity contribution in [3.63, 3.8) is 0 Å². The van der Waals surface area contributed by atoms with Crippen molar-refractivity contribution in [2.45, 2.75) is 43.5 Å². The molecule has 1 aliphatic carbocycles. The molecule has 0 bridgehead atoms. The number of hydrogen-bond acceptors (Lipinski definition) is 5. The van der Waals surface area contributed by atoms with Gasteiger partial charge in [-0.05, 0) is 61.4 Å². The number of nitrogens with one attached hydrogen (secondary N) is 1. The van der Waals surface area contributed by atoms with Gasteiger partial charge in [-0.2, -0.15) is 4.31 Å². The minimum atomic E-state index is -3.54. The van der Waals surface area contributed by atoms with Crippen molar-refractivity contribution >= 4 is 21.7 Å². The molecule has 1 aliphatic heterocycles. The molecule has 4 rings (SSSR count). The average molecular weight is 470 g/mol. The molecule has 1 fully saturated rings. The molecule has 8 heteroatoms. The number of sulfonamides is 1. The second-order valence-corrected chi connectivity index (χ2v) is 10.8. The SMILES string of the molecule is CC(=O)C(Cc1ccccc1)NC(=O)CN1CCN(S(=O)(=O)c2ccc3c(c2)CCC3)CC1. The number of benzene rings is 2. The summed E-state index contributed by atoms with van der Waals surface area (Å²) in [6.07, 6.45) is 3.49. The minimum Gasteiger partial charge on any atom is -0.345 e. The number of hydrogen-bond donors (Lipinski definition) is 1. The summed E-state index contributed by atoms with van der Waals surface area (Å²) in [5.41, 5.74) is 3.38. The maximum absolute atomic E-state index is 13.1. The van der Waals surface area contributed by atoms with Crippen molar-refractivity contribution in [1.29, 1.82) is 0 Å². The van der Waals surface area contributed by atoms with E-state index < -0.39 is 16.1 Å².